The summed E-state index contributed by atoms with van der Waals surface area (Å²) in [6.07, 6.45) is 4.51. The maximum Gasteiger partial charge on any atom is 0.251 e. The smallest absolute Gasteiger partial charge is 0.251 e. The van der Waals surface area contributed by atoms with E-state index >= 15 is 0 Å². The Morgan fingerprint density at radius 2 is 1.55 bits per heavy atom. The van der Waals surface area contributed by atoms with Crippen molar-refractivity contribution in [2.75, 3.05) is 0 Å². The summed E-state index contributed by atoms with van der Waals surface area (Å²) in [5.74, 6) is 0.608. The molecule has 0 spiro atoms. The van der Waals surface area contributed by atoms with E-state index < -0.39 is 0 Å². The third kappa shape index (κ3) is 3.98. The number of carbonyl (C=O) groups excluding carboxylic acids is 1. The first-order chi connectivity index (χ1) is 15.3. The number of amides is 1. The molecule has 2 aromatic heterocycles. The number of hydrogen-bond donors (Lipinski definition) is 3. The predicted octanol–water partition coefficient (Wildman–Crippen LogP) is 5.27. The molecule has 5 nitrogen and oxygen atoms in total. The number of benzene rings is 3. The Labute approximate surface area is 180 Å². The minimum atomic E-state index is -0.302. The fourth-order valence-corrected chi connectivity index (χ4v) is 3.84. The van der Waals surface area contributed by atoms with Crippen LogP contribution in [0.15, 0.2) is 97.3 Å². The molecule has 5 rings (SSSR count). The lowest BCUT2D eigenvalue weighted by Crippen LogP contribution is -2.30. The fourth-order valence-electron chi connectivity index (χ4n) is 3.84. The Morgan fingerprint density at radius 1 is 0.839 bits per heavy atom. The topological polar surface area (TPSA) is 73.6 Å². The molecule has 1 atom stereocenters. The second-order valence-corrected chi connectivity index (χ2v) is 7.49. The molecule has 0 aliphatic carbocycles. The van der Waals surface area contributed by atoms with Crippen LogP contribution in [0.1, 0.15) is 27.8 Å². The molecule has 0 fully saturated rings. The van der Waals surface area contributed by atoms with Gasteiger partial charge in [0.05, 0.1) is 11.7 Å². The quantitative estimate of drug-likeness (QED) is 0.359. The number of H-pyrrole nitrogens is 2. The van der Waals surface area contributed by atoms with E-state index in [1.54, 1.807) is 0 Å². The first-order valence-electron chi connectivity index (χ1n) is 10.3. The molecule has 0 saturated carbocycles. The maximum absolute atomic E-state index is 12.9. The maximum atomic E-state index is 12.9. The van der Waals surface area contributed by atoms with Crippen LogP contribution in [-0.2, 0) is 6.42 Å². The Bertz CT molecular complexity index is 1310. The van der Waals surface area contributed by atoms with Gasteiger partial charge >= 0.3 is 0 Å². The third-order valence-corrected chi connectivity index (χ3v) is 5.44. The summed E-state index contributed by atoms with van der Waals surface area (Å²) in [5, 5.41) is 4.32. The molecule has 152 valence electrons. The summed E-state index contributed by atoms with van der Waals surface area (Å²) in [6.45, 7) is 0. The Morgan fingerprint density at radius 3 is 2.35 bits per heavy atom. The van der Waals surface area contributed by atoms with Crippen LogP contribution in [0, 0.1) is 0 Å². The molecule has 1 amide bonds. The minimum Gasteiger partial charge on any atom is -0.361 e. The van der Waals surface area contributed by atoms with E-state index in [0.29, 0.717) is 12.0 Å². The van der Waals surface area contributed by atoms with Crippen molar-refractivity contribution in [3.8, 4) is 11.3 Å². The summed E-state index contributed by atoms with van der Waals surface area (Å²) in [6, 6.07) is 27.2. The van der Waals surface area contributed by atoms with Crippen molar-refractivity contribution >= 4 is 16.8 Å². The van der Waals surface area contributed by atoms with Crippen molar-refractivity contribution in [3.63, 3.8) is 0 Å². The van der Waals surface area contributed by atoms with Crippen LogP contribution in [0.5, 0.6) is 0 Å². The van der Waals surface area contributed by atoms with Crippen molar-refractivity contribution in [2.45, 2.75) is 12.5 Å². The first kappa shape index (κ1) is 18.9. The number of nitrogens with zero attached hydrogens (tertiary/aromatic N) is 1. The van der Waals surface area contributed by atoms with Crippen LogP contribution in [0.3, 0.4) is 0 Å². The van der Waals surface area contributed by atoms with E-state index in [9.17, 15) is 4.79 Å². The molecule has 0 aliphatic heterocycles. The summed E-state index contributed by atoms with van der Waals surface area (Å²) >= 11 is 0. The highest BCUT2D eigenvalue weighted by atomic mass is 16.1. The molecule has 0 saturated heterocycles. The van der Waals surface area contributed by atoms with Gasteiger partial charge in [-0.15, -0.1) is 0 Å². The fraction of sp³-hybridized carbons (Fsp3) is 0.0769. The second kappa shape index (κ2) is 8.32. The van der Waals surface area contributed by atoms with Gasteiger partial charge in [-0.1, -0.05) is 66.7 Å². The SMILES string of the molecule is O=C(N[C@H](Cc1c[nH]c2ccccc12)c1nc(-c2ccccc2)c[nH]1)c1ccccc1. The first-order valence-corrected chi connectivity index (χ1v) is 10.3. The Balaban J connectivity index is 1.48. The second-order valence-electron chi connectivity index (χ2n) is 7.49. The van der Waals surface area contributed by atoms with Gasteiger partial charge in [-0.05, 0) is 23.8 Å². The van der Waals surface area contributed by atoms with Gasteiger partial charge in [0.1, 0.15) is 5.82 Å². The van der Waals surface area contributed by atoms with E-state index in [-0.39, 0.29) is 11.9 Å². The molecular weight excluding hydrogens is 384 g/mol. The van der Waals surface area contributed by atoms with Crippen molar-refractivity contribution in [3.05, 3.63) is 114 Å². The zero-order valence-corrected chi connectivity index (χ0v) is 16.9. The number of para-hydroxylation sites is 1. The molecule has 0 bridgehead atoms. The number of fused-ring (bicyclic) bond motifs is 1. The van der Waals surface area contributed by atoms with Gasteiger partial charge in [-0.25, -0.2) is 4.98 Å². The highest BCUT2D eigenvalue weighted by Crippen LogP contribution is 2.25. The van der Waals surface area contributed by atoms with Gasteiger partial charge < -0.3 is 15.3 Å². The van der Waals surface area contributed by atoms with Crippen LogP contribution in [-0.4, -0.2) is 20.9 Å². The van der Waals surface area contributed by atoms with Crippen LogP contribution in [0.2, 0.25) is 0 Å². The average molecular weight is 406 g/mol. The molecule has 0 unspecified atom stereocenters. The summed E-state index contributed by atoms with van der Waals surface area (Å²) in [5.41, 5.74) is 4.72. The van der Waals surface area contributed by atoms with Crippen molar-refractivity contribution in [2.24, 2.45) is 0 Å². The minimum absolute atomic E-state index is 0.122. The van der Waals surface area contributed by atoms with Gasteiger partial charge in [0.15, 0.2) is 0 Å². The largest absolute Gasteiger partial charge is 0.361 e. The van der Waals surface area contributed by atoms with Crippen LogP contribution in [0.25, 0.3) is 22.2 Å². The van der Waals surface area contributed by atoms with E-state index in [4.69, 9.17) is 4.98 Å². The predicted molar refractivity (Wildman–Crippen MR) is 123 cm³/mol. The third-order valence-electron chi connectivity index (χ3n) is 5.44. The number of rotatable bonds is 6. The van der Waals surface area contributed by atoms with Gasteiger partial charge in [0.25, 0.3) is 5.91 Å². The highest BCUT2D eigenvalue weighted by molar-refractivity contribution is 5.94. The molecule has 31 heavy (non-hydrogen) atoms. The number of aromatic amines is 2. The number of carbonyl (C=O) groups is 1. The average Bonchev–Trinajstić information content (AvgIpc) is 3.48. The van der Waals surface area contributed by atoms with Gasteiger partial charge in [0, 0.05) is 40.8 Å². The molecule has 3 N–H and O–H groups in total. The van der Waals surface area contributed by atoms with Crippen LogP contribution < -0.4 is 5.32 Å². The molecule has 5 aromatic rings. The van der Waals surface area contributed by atoms with E-state index in [1.807, 2.05) is 85.2 Å². The van der Waals surface area contributed by atoms with Crippen LogP contribution >= 0.6 is 0 Å². The number of hydrogen-bond acceptors (Lipinski definition) is 2. The number of aromatic nitrogens is 3. The molecule has 5 heteroatoms. The number of nitrogens with one attached hydrogen (secondary N) is 3. The normalized spacial score (nSPS) is 12.0. The molecule has 0 aliphatic rings. The van der Waals surface area contributed by atoms with E-state index in [1.165, 1.54) is 0 Å². The summed E-state index contributed by atoms with van der Waals surface area (Å²) in [7, 11) is 0. The lowest BCUT2D eigenvalue weighted by molar-refractivity contribution is 0.0935. The highest BCUT2D eigenvalue weighted by Gasteiger charge is 2.21. The Kier molecular flexibility index (Phi) is 5.07. The molecule has 0 radical (unpaired) electrons. The monoisotopic (exact) mass is 406 g/mol. The Hall–Kier alpha value is -4.12. The van der Waals surface area contributed by atoms with Crippen molar-refractivity contribution in [1.29, 1.82) is 0 Å². The molecule has 2 heterocycles. The molecular formula is C26H22N4O. The lowest BCUT2D eigenvalue weighted by Gasteiger charge is -2.17. The van der Waals surface area contributed by atoms with Gasteiger partial charge in [-0.3, -0.25) is 4.79 Å². The lowest BCUT2D eigenvalue weighted by atomic mass is 10.0. The number of imidazole rings is 1. The van der Waals surface area contributed by atoms with Crippen molar-refractivity contribution < 1.29 is 4.79 Å². The van der Waals surface area contributed by atoms with Gasteiger partial charge in [0.2, 0.25) is 0 Å². The summed E-state index contributed by atoms with van der Waals surface area (Å²) in [4.78, 5) is 24.3. The van der Waals surface area contributed by atoms with Crippen LogP contribution in [0.4, 0.5) is 0 Å². The van der Waals surface area contributed by atoms with Gasteiger partial charge in [-0.2, -0.15) is 0 Å². The molecule has 3 aromatic carbocycles. The summed E-state index contributed by atoms with van der Waals surface area (Å²) < 4.78 is 0. The zero-order valence-electron chi connectivity index (χ0n) is 16.9. The zero-order chi connectivity index (χ0) is 21.0. The standard InChI is InChI=1S/C26H22N4O/c31-26(19-11-5-2-6-12-19)30-23(15-20-16-27-22-14-8-7-13-21(20)22)25-28-17-24(29-25)18-9-3-1-4-10-18/h1-14,16-17,23,27H,15H2,(H,28,29)(H,30,31)/t23-/m1/s1. The van der Waals surface area contributed by atoms with E-state index in [2.05, 4.69) is 27.4 Å². The van der Waals surface area contributed by atoms with E-state index in [0.717, 1.165) is 33.5 Å². The van der Waals surface area contributed by atoms with Crippen molar-refractivity contribution in [1.82, 2.24) is 20.3 Å².